The number of hydrogen-bond acceptors (Lipinski definition) is 6. The van der Waals surface area contributed by atoms with E-state index in [0.29, 0.717) is 26.4 Å². The number of aliphatic hydroxyl groups excluding tert-OH is 1. The Kier molecular flexibility index (Phi) is 7.88. The lowest BCUT2D eigenvalue weighted by molar-refractivity contribution is 0.00780. The van der Waals surface area contributed by atoms with Gasteiger partial charge in [0.15, 0.2) is 0 Å². The molecule has 19 heavy (non-hydrogen) atoms. The highest BCUT2D eigenvalue weighted by Crippen LogP contribution is 2.09. The van der Waals surface area contributed by atoms with Crippen molar-refractivity contribution in [2.75, 3.05) is 39.6 Å². The molecule has 1 heterocycles. The van der Waals surface area contributed by atoms with Crippen molar-refractivity contribution < 1.29 is 28.5 Å². The van der Waals surface area contributed by atoms with E-state index in [-0.39, 0.29) is 19.0 Å². The minimum absolute atomic E-state index is 0.000504. The standard InChI is InChI=1S/C13H20O6/c1-2-11-3-4-12(19-11)13(15)18-10-9-17-8-7-16-6-5-14/h3-4,14H,2,5-10H2,1H3. The molecule has 6 nitrogen and oxygen atoms in total. The lowest BCUT2D eigenvalue weighted by Gasteiger charge is -2.05. The second-order valence-electron chi connectivity index (χ2n) is 3.70. The van der Waals surface area contributed by atoms with E-state index in [1.807, 2.05) is 6.92 Å². The van der Waals surface area contributed by atoms with Crippen LogP contribution in [0.5, 0.6) is 0 Å². The molecule has 1 rings (SSSR count). The summed E-state index contributed by atoms with van der Waals surface area (Å²) in [5.74, 6) is 0.479. The van der Waals surface area contributed by atoms with Crippen LogP contribution in [-0.4, -0.2) is 50.7 Å². The minimum atomic E-state index is -0.486. The molecule has 108 valence electrons. The van der Waals surface area contributed by atoms with Gasteiger partial charge in [0.25, 0.3) is 0 Å². The van der Waals surface area contributed by atoms with Crippen LogP contribution in [0.15, 0.2) is 16.5 Å². The number of rotatable bonds is 10. The van der Waals surface area contributed by atoms with Gasteiger partial charge in [0.05, 0.1) is 33.0 Å². The van der Waals surface area contributed by atoms with Crippen LogP contribution >= 0.6 is 0 Å². The van der Waals surface area contributed by atoms with Crippen molar-refractivity contribution in [3.8, 4) is 0 Å². The van der Waals surface area contributed by atoms with E-state index < -0.39 is 5.97 Å². The number of furan rings is 1. The van der Waals surface area contributed by atoms with Crippen LogP contribution in [0.25, 0.3) is 0 Å². The fraction of sp³-hybridized carbons (Fsp3) is 0.615. The van der Waals surface area contributed by atoms with Crippen LogP contribution < -0.4 is 0 Å². The summed E-state index contributed by atoms with van der Waals surface area (Å²) in [7, 11) is 0. The molecule has 0 aromatic carbocycles. The van der Waals surface area contributed by atoms with Gasteiger partial charge in [0.1, 0.15) is 12.4 Å². The quantitative estimate of drug-likeness (QED) is 0.506. The monoisotopic (exact) mass is 272 g/mol. The second kappa shape index (κ2) is 9.55. The van der Waals surface area contributed by atoms with Gasteiger partial charge >= 0.3 is 5.97 Å². The van der Waals surface area contributed by atoms with Crippen LogP contribution in [0.1, 0.15) is 23.2 Å². The van der Waals surface area contributed by atoms with Crippen molar-refractivity contribution in [1.29, 1.82) is 0 Å². The number of esters is 1. The van der Waals surface area contributed by atoms with Crippen LogP contribution in [0, 0.1) is 0 Å². The Labute approximate surface area is 112 Å². The maximum Gasteiger partial charge on any atom is 0.374 e. The molecule has 1 aromatic rings. The van der Waals surface area contributed by atoms with E-state index >= 15 is 0 Å². The topological polar surface area (TPSA) is 78.1 Å². The number of carbonyl (C=O) groups is 1. The summed E-state index contributed by atoms with van der Waals surface area (Å²) in [6, 6.07) is 3.36. The highest BCUT2D eigenvalue weighted by molar-refractivity contribution is 5.86. The average Bonchev–Trinajstić information content (AvgIpc) is 2.90. The second-order valence-corrected chi connectivity index (χ2v) is 3.70. The van der Waals surface area contributed by atoms with Crippen LogP contribution in [0.4, 0.5) is 0 Å². The third-order valence-electron chi connectivity index (χ3n) is 2.28. The number of hydrogen-bond donors (Lipinski definition) is 1. The molecule has 0 spiro atoms. The first-order chi connectivity index (χ1) is 9.27. The average molecular weight is 272 g/mol. The molecule has 0 atom stereocenters. The zero-order chi connectivity index (χ0) is 13.9. The van der Waals surface area contributed by atoms with Crippen molar-refractivity contribution in [3.63, 3.8) is 0 Å². The van der Waals surface area contributed by atoms with Crippen LogP contribution in [0.3, 0.4) is 0 Å². The fourth-order valence-corrected chi connectivity index (χ4v) is 1.33. The molecule has 1 N–H and O–H groups in total. The molecule has 0 aliphatic rings. The predicted molar refractivity (Wildman–Crippen MR) is 67.1 cm³/mol. The van der Waals surface area contributed by atoms with Gasteiger partial charge < -0.3 is 23.7 Å². The smallest absolute Gasteiger partial charge is 0.374 e. The molecule has 0 aliphatic heterocycles. The minimum Gasteiger partial charge on any atom is -0.457 e. The van der Waals surface area contributed by atoms with E-state index in [4.69, 9.17) is 23.7 Å². The van der Waals surface area contributed by atoms with E-state index in [2.05, 4.69) is 0 Å². The molecular weight excluding hydrogens is 252 g/mol. The Balaban J connectivity index is 2.04. The summed E-state index contributed by atoms with van der Waals surface area (Å²) >= 11 is 0. The maximum atomic E-state index is 11.5. The van der Waals surface area contributed by atoms with Gasteiger partial charge in [0, 0.05) is 6.42 Å². The van der Waals surface area contributed by atoms with Crippen molar-refractivity contribution in [3.05, 3.63) is 23.7 Å². The van der Waals surface area contributed by atoms with Gasteiger partial charge in [-0.25, -0.2) is 4.79 Å². The molecule has 0 fully saturated rings. The zero-order valence-corrected chi connectivity index (χ0v) is 11.1. The third-order valence-corrected chi connectivity index (χ3v) is 2.28. The van der Waals surface area contributed by atoms with Gasteiger partial charge in [0.2, 0.25) is 5.76 Å². The SMILES string of the molecule is CCc1ccc(C(=O)OCCOCCOCCO)o1. The predicted octanol–water partition coefficient (Wildman–Crippen LogP) is 1.02. The van der Waals surface area contributed by atoms with Gasteiger partial charge in [-0.2, -0.15) is 0 Å². The highest BCUT2D eigenvalue weighted by atomic mass is 16.6. The first kappa shape index (κ1) is 15.7. The number of aliphatic hydroxyl groups is 1. The Hall–Kier alpha value is -1.37. The molecule has 6 heteroatoms. The summed E-state index contributed by atoms with van der Waals surface area (Å²) in [6.45, 7) is 3.53. The van der Waals surface area contributed by atoms with Crippen molar-refractivity contribution >= 4 is 5.97 Å². The van der Waals surface area contributed by atoms with E-state index in [9.17, 15) is 4.79 Å². The molecule has 0 saturated carbocycles. The molecule has 0 amide bonds. The Morgan fingerprint density at radius 2 is 1.84 bits per heavy atom. The summed E-state index contributed by atoms with van der Waals surface area (Å²) in [5, 5.41) is 8.46. The summed E-state index contributed by atoms with van der Waals surface area (Å²) in [4.78, 5) is 11.5. The molecule has 0 saturated heterocycles. The molecule has 0 aliphatic carbocycles. The Morgan fingerprint density at radius 1 is 1.16 bits per heavy atom. The first-order valence-electron chi connectivity index (χ1n) is 6.30. The highest BCUT2D eigenvalue weighted by Gasteiger charge is 2.11. The van der Waals surface area contributed by atoms with E-state index in [1.165, 1.54) is 0 Å². The lowest BCUT2D eigenvalue weighted by atomic mass is 10.3. The molecule has 0 unspecified atom stereocenters. The van der Waals surface area contributed by atoms with E-state index in [1.54, 1.807) is 12.1 Å². The zero-order valence-electron chi connectivity index (χ0n) is 11.1. The van der Waals surface area contributed by atoms with Crippen LogP contribution in [-0.2, 0) is 20.6 Å². The summed E-state index contributed by atoms with van der Waals surface area (Å²) in [6.07, 6.45) is 0.740. The Bertz CT molecular complexity index is 360. The molecule has 1 aromatic heterocycles. The summed E-state index contributed by atoms with van der Waals surface area (Å²) < 4.78 is 20.4. The molecular formula is C13H20O6. The summed E-state index contributed by atoms with van der Waals surface area (Å²) in [5.41, 5.74) is 0. The fourth-order valence-electron chi connectivity index (χ4n) is 1.33. The van der Waals surface area contributed by atoms with Gasteiger partial charge in [-0.1, -0.05) is 6.92 Å². The van der Waals surface area contributed by atoms with Crippen molar-refractivity contribution in [2.24, 2.45) is 0 Å². The largest absolute Gasteiger partial charge is 0.457 e. The van der Waals surface area contributed by atoms with Crippen LogP contribution in [0.2, 0.25) is 0 Å². The molecule has 0 radical (unpaired) electrons. The van der Waals surface area contributed by atoms with Crippen molar-refractivity contribution in [2.45, 2.75) is 13.3 Å². The first-order valence-corrected chi connectivity index (χ1v) is 6.30. The van der Waals surface area contributed by atoms with Gasteiger partial charge in [-0.05, 0) is 12.1 Å². The number of ether oxygens (including phenoxy) is 3. The van der Waals surface area contributed by atoms with Gasteiger partial charge in [-0.15, -0.1) is 0 Å². The number of aryl methyl sites for hydroxylation is 1. The lowest BCUT2D eigenvalue weighted by Crippen LogP contribution is -2.13. The van der Waals surface area contributed by atoms with Gasteiger partial charge in [-0.3, -0.25) is 0 Å². The van der Waals surface area contributed by atoms with Crippen molar-refractivity contribution in [1.82, 2.24) is 0 Å². The third kappa shape index (κ3) is 6.37. The maximum absolute atomic E-state index is 11.5. The molecule has 0 bridgehead atoms. The Morgan fingerprint density at radius 3 is 2.47 bits per heavy atom. The normalized spacial score (nSPS) is 10.6. The van der Waals surface area contributed by atoms with E-state index in [0.717, 1.165) is 12.2 Å². The number of carbonyl (C=O) groups excluding carboxylic acids is 1.